The van der Waals surface area contributed by atoms with Crippen LogP contribution in [-0.4, -0.2) is 31.5 Å². The number of carbonyl (C=O) groups is 2. The van der Waals surface area contributed by atoms with Crippen LogP contribution in [0.4, 0.5) is 5.69 Å². The Labute approximate surface area is 124 Å². The van der Waals surface area contributed by atoms with Crippen LogP contribution in [0.2, 0.25) is 0 Å². The van der Waals surface area contributed by atoms with Crippen LogP contribution < -0.4 is 20.7 Å². The predicted octanol–water partition coefficient (Wildman–Crippen LogP) is 0.956. The molecule has 0 aliphatic carbocycles. The molecule has 0 bridgehead atoms. The lowest BCUT2D eigenvalue weighted by Crippen LogP contribution is -2.49. The van der Waals surface area contributed by atoms with Gasteiger partial charge in [0, 0.05) is 13.1 Å². The molecule has 1 aliphatic rings. The van der Waals surface area contributed by atoms with Crippen molar-refractivity contribution in [3.63, 3.8) is 0 Å². The summed E-state index contributed by atoms with van der Waals surface area (Å²) in [7, 11) is 1.55. The smallest absolute Gasteiger partial charge is 0.268 e. The van der Waals surface area contributed by atoms with Crippen LogP contribution in [0, 0.1) is 0 Å². The molecule has 1 aromatic carbocycles. The van der Waals surface area contributed by atoms with Gasteiger partial charge >= 0.3 is 0 Å². The first-order chi connectivity index (χ1) is 9.97. The number of nitrogens with zero attached hydrogens (tertiary/aromatic N) is 1. The first-order valence-corrected chi connectivity index (χ1v) is 7.06. The van der Waals surface area contributed by atoms with Crippen LogP contribution in [0.5, 0.6) is 5.75 Å². The van der Waals surface area contributed by atoms with Gasteiger partial charge in [-0.3, -0.25) is 14.5 Å². The van der Waals surface area contributed by atoms with Gasteiger partial charge in [0.05, 0.1) is 5.69 Å². The van der Waals surface area contributed by atoms with E-state index in [1.165, 1.54) is 4.90 Å². The summed E-state index contributed by atoms with van der Waals surface area (Å²) in [5.74, 6) is 0.183. The Bertz CT molecular complexity index is 557. The fraction of sp³-hybridized carbons (Fsp3) is 0.467. The molecule has 2 amide bonds. The molecule has 6 heteroatoms. The summed E-state index contributed by atoms with van der Waals surface area (Å²) in [6, 6.07) is 5.34. The van der Waals surface area contributed by atoms with Gasteiger partial charge in [0.2, 0.25) is 5.91 Å². The Morgan fingerprint density at radius 1 is 1.52 bits per heavy atom. The number of rotatable bonds is 4. The van der Waals surface area contributed by atoms with E-state index < -0.39 is 6.10 Å². The molecule has 1 aliphatic heterocycles. The Morgan fingerprint density at radius 3 is 2.81 bits per heavy atom. The third kappa shape index (κ3) is 3.00. The molecule has 0 saturated heterocycles. The number of benzene rings is 1. The highest BCUT2D eigenvalue weighted by molar-refractivity contribution is 6.03. The Morgan fingerprint density at radius 2 is 2.24 bits per heavy atom. The molecule has 21 heavy (non-hydrogen) atoms. The van der Waals surface area contributed by atoms with Gasteiger partial charge in [0.15, 0.2) is 6.10 Å². The van der Waals surface area contributed by atoms with Gasteiger partial charge in [-0.25, -0.2) is 0 Å². The van der Waals surface area contributed by atoms with Crippen molar-refractivity contribution >= 4 is 17.5 Å². The Balaban J connectivity index is 2.44. The van der Waals surface area contributed by atoms with Gasteiger partial charge in [0.25, 0.3) is 5.91 Å². The standard InChI is InChI=1S/C15H21N3O3/c1-4-12-15(20)18(8-14(19)17-3)11-7-10(9(2)16)5-6-13(11)21-12/h5-7,9,12H,4,8,16H2,1-3H3,(H,17,19). The summed E-state index contributed by atoms with van der Waals surface area (Å²) in [4.78, 5) is 25.6. The van der Waals surface area contributed by atoms with Crippen molar-refractivity contribution in [1.82, 2.24) is 5.32 Å². The zero-order valence-electron chi connectivity index (χ0n) is 12.6. The molecule has 0 radical (unpaired) electrons. The summed E-state index contributed by atoms with van der Waals surface area (Å²) >= 11 is 0. The third-order valence-corrected chi connectivity index (χ3v) is 3.56. The van der Waals surface area contributed by atoms with E-state index in [2.05, 4.69) is 5.32 Å². The van der Waals surface area contributed by atoms with Gasteiger partial charge in [-0.1, -0.05) is 13.0 Å². The highest BCUT2D eigenvalue weighted by Crippen LogP contribution is 2.36. The second-order valence-electron chi connectivity index (χ2n) is 5.13. The lowest BCUT2D eigenvalue weighted by atomic mass is 10.0. The molecule has 1 aromatic rings. The number of hydrogen-bond acceptors (Lipinski definition) is 4. The van der Waals surface area contributed by atoms with Crippen molar-refractivity contribution in [2.75, 3.05) is 18.5 Å². The van der Waals surface area contributed by atoms with Crippen LogP contribution in [0.15, 0.2) is 18.2 Å². The van der Waals surface area contributed by atoms with Crippen molar-refractivity contribution in [2.45, 2.75) is 32.4 Å². The summed E-state index contributed by atoms with van der Waals surface area (Å²) in [5, 5.41) is 2.54. The molecule has 2 rings (SSSR count). The second kappa shape index (κ2) is 6.13. The topological polar surface area (TPSA) is 84.7 Å². The highest BCUT2D eigenvalue weighted by Gasteiger charge is 2.34. The zero-order valence-corrected chi connectivity index (χ0v) is 12.6. The van der Waals surface area contributed by atoms with E-state index in [1.54, 1.807) is 13.1 Å². The maximum Gasteiger partial charge on any atom is 0.268 e. The Hall–Kier alpha value is -2.08. The summed E-state index contributed by atoms with van der Waals surface area (Å²) in [6.07, 6.45) is 0.000641. The minimum absolute atomic E-state index is 0.0232. The number of anilines is 1. The van der Waals surface area contributed by atoms with E-state index >= 15 is 0 Å². The van der Waals surface area contributed by atoms with E-state index in [9.17, 15) is 9.59 Å². The van der Waals surface area contributed by atoms with Crippen molar-refractivity contribution in [3.05, 3.63) is 23.8 Å². The average molecular weight is 291 g/mol. The second-order valence-corrected chi connectivity index (χ2v) is 5.13. The zero-order chi connectivity index (χ0) is 15.6. The fourth-order valence-electron chi connectivity index (χ4n) is 2.27. The molecule has 114 valence electrons. The van der Waals surface area contributed by atoms with Gasteiger partial charge in [-0.15, -0.1) is 0 Å². The molecule has 0 saturated carbocycles. The van der Waals surface area contributed by atoms with E-state index in [1.807, 2.05) is 26.0 Å². The summed E-state index contributed by atoms with van der Waals surface area (Å²) in [5.41, 5.74) is 7.38. The van der Waals surface area contributed by atoms with E-state index in [4.69, 9.17) is 10.5 Å². The number of amides is 2. The minimum Gasteiger partial charge on any atom is -0.478 e. The maximum atomic E-state index is 12.4. The molecule has 0 aromatic heterocycles. The maximum absolute atomic E-state index is 12.4. The molecule has 6 nitrogen and oxygen atoms in total. The number of likely N-dealkylation sites (N-methyl/N-ethyl adjacent to an activating group) is 1. The molecule has 2 atom stereocenters. The normalized spacial score (nSPS) is 18.8. The van der Waals surface area contributed by atoms with Crippen LogP contribution >= 0.6 is 0 Å². The van der Waals surface area contributed by atoms with Crippen LogP contribution in [0.25, 0.3) is 0 Å². The Kier molecular flexibility index (Phi) is 4.47. The first-order valence-electron chi connectivity index (χ1n) is 7.06. The monoisotopic (exact) mass is 291 g/mol. The summed E-state index contributed by atoms with van der Waals surface area (Å²) in [6.45, 7) is 3.72. The van der Waals surface area contributed by atoms with Gasteiger partial charge < -0.3 is 15.8 Å². The number of nitrogens with two attached hydrogens (primary N) is 1. The van der Waals surface area contributed by atoms with Crippen LogP contribution in [0.3, 0.4) is 0 Å². The number of fused-ring (bicyclic) bond motifs is 1. The molecule has 1 heterocycles. The molecular weight excluding hydrogens is 270 g/mol. The SMILES string of the molecule is CCC1Oc2ccc(C(C)N)cc2N(CC(=O)NC)C1=O. The number of carbonyl (C=O) groups excluding carboxylic acids is 2. The molecular formula is C15H21N3O3. The van der Waals surface area contributed by atoms with E-state index in [0.717, 1.165) is 5.56 Å². The van der Waals surface area contributed by atoms with Gasteiger partial charge in [0.1, 0.15) is 12.3 Å². The average Bonchev–Trinajstić information content (AvgIpc) is 2.48. The molecule has 0 fully saturated rings. The quantitative estimate of drug-likeness (QED) is 0.865. The number of nitrogens with one attached hydrogen (secondary N) is 1. The fourth-order valence-corrected chi connectivity index (χ4v) is 2.27. The predicted molar refractivity (Wildman–Crippen MR) is 80.2 cm³/mol. The lowest BCUT2D eigenvalue weighted by Gasteiger charge is -2.34. The van der Waals surface area contributed by atoms with E-state index in [0.29, 0.717) is 17.9 Å². The van der Waals surface area contributed by atoms with Crippen molar-refractivity contribution < 1.29 is 14.3 Å². The largest absolute Gasteiger partial charge is 0.478 e. The van der Waals surface area contributed by atoms with Crippen molar-refractivity contribution in [2.24, 2.45) is 5.73 Å². The number of ether oxygens (including phenoxy) is 1. The molecule has 3 N–H and O–H groups in total. The van der Waals surface area contributed by atoms with Crippen LogP contribution in [-0.2, 0) is 9.59 Å². The van der Waals surface area contributed by atoms with E-state index in [-0.39, 0.29) is 24.4 Å². The lowest BCUT2D eigenvalue weighted by molar-refractivity contribution is -0.128. The van der Waals surface area contributed by atoms with Crippen LogP contribution in [0.1, 0.15) is 31.9 Å². The molecule has 0 spiro atoms. The summed E-state index contributed by atoms with van der Waals surface area (Å²) < 4.78 is 5.71. The van der Waals surface area contributed by atoms with Gasteiger partial charge in [-0.05, 0) is 31.0 Å². The first kappa shape index (κ1) is 15.3. The molecule has 2 unspecified atom stereocenters. The minimum atomic E-state index is -0.552. The highest BCUT2D eigenvalue weighted by atomic mass is 16.5. The third-order valence-electron chi connectivity index (χ3n) is 3.56. The van der Waals surface area contributed by atoms with Crippen molar-refractivity contribution in [1.29, 1.82) is 0 Å². The number of hydrogen-bond donors (Lipinski definition) is 2. The van der Waals surface area contributed by atoms with Crippen molar-refractivity contribution in [3.8, 4) is 5.75 Å². The van der Waals surface area contributed by atoms with Gasteiger partial charge in [-0.2, -0.15) is 0 Å².